The number of ether oxygens (including phenoxy) is 2. The van der Waals surface area contributed by atoms with Gasteiger partial charge in [-0.1, -0.05) is 0 Å². The highest BCUT2D eigenvalue weighted by molar-refractivity contribution is 5.78. The largest absolute Gasteiger partial charge is 0.496 e. The average molecular weight is 167 g/mol. The summed E-state index contributed by atoms with van der Waals surface area (Å²) in [6.45, 7) is 0. The number of aldehydes is 1. The molecular weight excluding hydrogens is 158 g/mol. The fourth-order valence-electron chi connectivity index (χ4n) is 0.806. The smallest absolute Gasteiger partial charge is 0.216 e. The second-order valence-electron chi connectivity index (χ2n) is 2.09. The van der Waals surface area contributed by atoms with Crippen LogP contribution in [-0.2, 0) is 0 Å². The molecule has 1 aromatic rings. The van der Waals surface area contributed by atoms with Gasteiger partial charge < -0.3 is 9.47 Å². The number of aromatic nitrogens is 1. The molecule has 4 nitrogen and oxygen atoms in total. The number of nitrogens with zero attached hydrogens (tertiary/aromatic N) is 1. The molecule has 0 saturated carbocycles. The Kier molecular flexibility index (Phi) is 2.63. The van der Waals surface area contributed by atoms with Gasteiger partial charge in [-0.05, 0) is 0 Å². The van der Waals surface area contributed by atoms with E-state index in [2.05, 4.69) is 4.98 Å². The van der Waals surface area contributed by atoms with Gasteiger partial charge in [0.15, 0.2) is 6.29 Å². The van der Waals surface area contributed by atoms with Crippen molar-refractivity contribution in [3.8, 4) is 11.6 Å². The molecule has 0 aliphatic rings. The van der Waals surface area contributed by atoms with E-state index in [0.717, 1.165) is 0 Å². The predicted molar refractivity (Wildman–Crippen MR) is 42.7 cm³/mol. The lowest BCUT2D eigenvalue weighted by atomic mass is 10.3. The summed E-state index contributed by atoms with van der Waals surface area (Å²) in [5.74, 6) is 0.898. The van der Waals surface area contributed by atoms with E-state index in [9.17, 15) is 4.79 Å². The molecule has 0 spiro atoms. The molecule has 0 N–H and O–H groups in total. The molecule has 0 amide bonds. The lowest BCUT2D eigenvalue weighted by Gasteiger charge is -2.04. The first kappa shape index (κ1) is 8.52. The zero-order valence-corrected chi connectivity index (χ0v) is 6.90. The topological polar surface area (TPSA) is 48.4 Å². The van der Waals surface area contributed by atoms with Crippen molar-refractivity contribution in [2.45, 2.75) is 0 Å². The Hall–Kier alpha value is -1.58. The molecule has 1 rings (SSSR count). The van der Waals surface area contributed by atoms with E-state index in [0.29, 0.717) is 23.5 Å². The maximum absolute atomic E-state index is 10.4. The summed E-state index contributed by atoms with van der Waals surface area (Å²) in [5.41, 5.74) is 0.415. The number of hydrogen-bond donors (Lipinski definition) is 0. The van der Waals surface area contributed by atoms with Crippen molar-refractivity contribution in [1.29, 1.82) is 0 Å². The number of pyridine rings is 1. The van der Waals surface area contributed by atoms with Gasteiger partial charge in [0.2, 0.25) is 5.88 Å². The summed E-state index contributed by atoms with van der Waals surface area (Å²) >= 11 is 0. The van der Waals surface area contributed by atoms with Gasteiger partial charge in [-0.15, -0.1) is 0 Å². The highest BCUT2D eigenvalue weighted by atomic mass is 16.5. The van der Waals surface area contributed by atoms with Crippen molar-refractivity contribution in [2.24, 2.45) is 0 Å². The molecule has 12 heavy (non-hydrogen) atoms. The van der Waals surface area contributed by atoms with Crippen LogP contribution in [0.4, 0.5) is 0 Å². The molecule has 0 atom stereocenters. The SMILES string of the molecule is COc1cc(OC)c(C=O)cn1. The minimum Gasteiger partial charge on any atom is -0.496 e. The summed E-state index contributed by atoms with van der Waals surface area (Å²) in [4.78, 5) is 14.3. The van der Waals surface area contributed by atoms with Crippen LogP contribution in [0.2, 0.25) is 0 Å². The van der Waals surface area contributed by atoms with Gasteiger partial charge in [0.1, 0.15) is 5.75 Å². The Bertz CT molecular complexity index is 286. The predicted octanol–water partition coefficient (Wildman–Crippen LogP) is 0.911. The summed E-state index contributed by atoms with van der Waals surface area (Å²) in [5, 5.41) is 0. The van der Waals surface area contributed by atoms with E-state index in [1.165, 1.54) is 20.4 Å². The lowest BCUT2D eigenvalue weighted by Crippen LogP contribution is -1.94. The highest BCUT2D eigenvalue weighted by Crippen LogP contribution is 2.19. The second kappa shape index (κ2) is 3.71. The first-order chi connectivity index (χ1) is 5.81. The zero-order valence-electron chi connectivity index (χ0n) is 6.90. The number of rotatable bonds is 3. The Labute approximate surface area is 70.1 Å². The normalized spacial score (nSPS) is 9.17. The lowest BCUT2D eigenvalue weighted by molar-refractivity contribution is 0.112. The van der Waals surface area contributed by atoms with Gasteiger partial charge >= 0.3 is 0 Å². The van der Waals surface area contributed by atoms with Crippen LogP contribution in [0, 0.1) is 0 Å². The molecule has 0 aliphatic heterocycles. The van der Waals surface area contributed by atoms with Crippen LogP contribution in [0.1, 0.15) is 10.4 Å². The van der Waals surface area contributed by atoms with E-state index >= 15 is 0 Å². The maximum atomic E-state index is 10.4. The minimum absolute atomic E-state index is 0.415. The first-order valence-corrected chi connectivity index (χ1v) is 3.35. The molecule has 1 heterocycles. The van der Waals surface area contributed by atoms with Crippen molar-refractivity contribution in [1.82, 2.24) is 4.98 Å². The molecule has 1 aromatic heterocycles. The number of methoxy groups -OCH3 is 2. The van der Waals surface area contributed by atoms with Gasteiger partial charge in [0, 0.05) is 12.3 Å². The van der Waals surface area contributed by atoms with Crippen LogP contribution in [0.5, 0.6) is 11.6 Å². The van der Waals surface area contributed by atoms with E-state index < -0.39 is 0 Å². The fourth-order valence-corrected chi connectivity index (χ4v) is 0.806. The molecule has 0 saturated heterocycles. The minimum atomic E-state index is 0.415. The molecule has 64 valence electrons. The maximum Gasteiger partial charge on any atom is 0.216 e. The van der Waals surface area contributed by atoms with E-state index in [1.807, 2.05) is 0 Å². The van der Waals surface area contributed by atoms with Gasteiger partial charge in [0.25, 0.3) is 0 Å². The van der Waals surface area contributed by atoms with Gasteiger partial charge in [-0.2, -0.15) is 0 Å². The number of carbonyl (C=O) groups is 1. The molecule has 0 bridgehead atoms. The Morgan fingerprint density at radius 2 is 2.17 bits per heavy atom. The fraction of sp³-hybridized carbons (Fsp3) is 0.250. The summed E-state index contributed by atoms with van der Waals surface area (Å²) in [7, 11) is 2.99. The quantitative estimate of drug-likeness (QED) is 0.628. The summed E-state index contributed by atoms with van der Waals surface area (Å²) < 4.78 is 9.78. The van der Waals surface area contributed by atoms with Crippen LogP contribution < -0.4 is 9.47 Å². The van der Waals surface area contributed by atoms with E-state index in [1.54, 1.807) is 6.07 Å². The molecule has 0 radical (unpaired) electrons. The average Bonchev–Trinajstić information content (AvgIpc) is 2.16. The van der Waals surface area contributed by atoms with Gasteiger partial charge in [-0.3, -0.25) is 4.79 Å². The van der Waals surface area contributed by atoms with Gasteiger partial charge in [-0.25, -0.2) is 4.98 Å². The first-order valence-electron chi connectivity index (χ1n) is 3.35. The van der Waals surface area contributed by atoms with Crippen molar-refractivity contribution >= 4 is 6.29 Å². The molecule has 0 fully saturated rings. The van der Waals surface area contributed by atoms with Crippen molar-refractivity contribution < 1.29 is 14.3 Å². The van der Waals surface area contributed by atoms with E-state index in [-0.39, 0.29) is 0 Å². The third-order valence-corrected chi connectivity index (χ3v) is 1.43. The monoisotopic (exact) mass is 167 g/mol. The molecular formula is C8H9NO3. The number of hydrogen-bond acceptors (Lipinski definition) is 4. The summed E-state index contributed by atoms with van der Waals surface area (Å²) in [6, 6.07) is 1.56. The van der Waals surface area contributed by atoms with E-state index in [4.69, 9.17) is 9.47 Å². The Balaban J connectivity index is 3.10. The van der Waals surface area contributed by atoms with Crippen molar-refractivity contribution in [3.05, 3.63) is 17.8 Å². The van der Waals surface area contributed by atoms with Crippen LogP contribution >= 0.6 is 0 Å². The Morgan fingerprint density at radius 1 is 1.42 bits per heavy atom. The van der Waals surface area contributed by atoms with Crippen LogP contribution in [-0.4, -0.2) is 25.5 Å². The molecule has 0 unspecified atom stereocenters. The highest BCUT2D eigenvalue weighted by Gasteiger charge is 2.03. The second-order valence-corrected chi connectivity index (χ2v) is 2.09. The molecule has 4 heteroatoms. The van der Waals surface area contributed by atoms with Crippen LogP contribution in [0.15, 0.2) is 12.3 Å². The van der Waals surface area contributed by atoms with Gasteiger partial charge in [0.05, 0.1) is 19.8 Å². The van der Waals surface area contributed by atoms with Crippen LogP contribution in [0.25, 0.3) is 0 Å². The van der Waals surface area contributed by atoms with Crippen LogP contribution in [0.3, 0.4) is 0 Å². The third-order valence-electron chi connectivity index (χ3n) is 1.43. The third kappa shape index (κ3) is 1.53. The number of carbonyl (C=O) groups excluding carboxylic acids is 1. The Morgan fingerprint density at radius 3 is 2.67 bits per heavy atom. The molecule has 0 aromatic carbocycles. The standard InChI is InChI=1S/C8H9NO3/c1-11-7-3-8(12-2)9-4-6(7)5-10/h3-5H,1-2H3. The molecule has 0 aliphatic carbocycles. The summed E-state index contributed by atoms with van der Waals surface area (Å²) in [6.07, 6.45) is 2.09. The zero-order chi connectivity index (χ0) is 8.97. The van der Waals surface area contributed by atoms with Crippen molar-refractivity contribution in [3.63, 3.8) is 0 Å². The van der Waals surface area contributed by atoms with Crippen molar-refractivity contribution in [2.75, 3.05) is 14.2 Å².